The largest absolute Gasteiger partial charge is 0.450 e. The Morgan fingerprint density at radius 1 is 1.29 bits per heavy atom. The molecular weight excluding hydrogens is 275 g/mol. The number of hydrogen-bond donors (Lipinski definition) is 1. The van der Waals surface area contributed by atoms with Gasteiger partial charge in [-0.25, -0.2) is 9.18 Å². The van der Waals surface area contributed by atoms with Crippen molar-refractivity contribution in [1.82, 2.24) is 9.80 Å². The first-order chi connectivity index (χ1) is 10.1. The summed E-state index contributed by atoms with van der Waals surface area (Å²) in [5.41, 5.74) is 0.698. The van der Waals surface area contributed by atoms with Gasteiger partial charge in [-0.2, -0.15) is 0 Å². The minimum Gasteiger partial charge on any atom is -0.450 e. The highest BCUT2D eigenvalue weighted by atomic mass is 19.1. The highest BCUT2D eigenvalue weighted by Crippen LogP contribution is 2.16. The molecule has 1 unspecified atom stereocenters. The second kappa shape index (κ2) is 7.38. The van der Waals surface area contributed by atoms with Crippen molar-refractivity contribution < 1.29 is 19.0 Å². The fraction of sp³-hybridized carbons (Fsp3) is 0.533. The van der Waals surface area contributed by atoms with Gasteiger partial charge in [-0.05, 0) is 24.6 Å². The maximum absolute atomic E-state index is 12.8. The molecule has 2 rings (SSSR count). The van der Waals surface area contributed by atoms with Crippen LogP contribution in [0, 0.1) is 5.82 Å². The van der Waals surface area contributed by atoms with Gasteiger partial charge in [0.2, 0.25) is 0 Å². The van der Waals surface area contributed by atoms with Crippen LogP contribution >= 0.6 is 0 Å². The SMILES string of the molecule is CCOC(=O)N1CCN(CC(O)c2ccc(F)cc2)CC1. The number of carbonyl (C=O) groups is 1. The molecule has 0 aromatic heterocycles. The van der Waals surface area contributed by atoms with Gasteiger partial charge in [-0.1, -0.05) is 12.1 Å². The Morgan fingerprint density at radius 3 is 2.48 bits per heavy atom. The second-order valence-corrected chi connectivity index (χ2v) is 5.05. The zero-order chi connectivity index (χ0) is 15.2. The molecule has 1 aliphatic rings. The molecule has 1 fully saturated rings. The highest BCUT2D eigenvalue weighted by molar-refractivity contribution is 5.67. The summed E-state index contributed by atoms with van der Waals surface area (Å²) in [5.74, 6) is -0.311. The average Bonchev–Trinajstić information content (AvgIpc) is 2.49. The molecule has 0 saturated carbocycles. The summed E-state index contributed by atoms with van der Waals surface area (Å²) in [6.07, 6.45) is -0.934. The first kappa shape index (κ1) is 15.7. The third-order valence-corrected chi connectivity index (χ3v) is 3.58. The number of halogens is 1. The Kier molecular flexibility index (Phi) is 5.52. The molecule has 21 heavy (non-hydrogen) atoms. The van der Waals surface area contributed by atoms with E-state index in [9.17, 15) is 14.3 Å². The van der Waals surface area contributed by atoms with E-state index in [1.807, 2.05) is 0 Å². The topological polar surface area (TPSA) is 53.0 Å². The van der Waals surface area contributed by atoms with Gasteiger partial charge in [-0.15, -0.1) is 0 Å². The van der Waals surface area contributed by atoms with Gasteiger partial charge >= 0.3 is 6.09 Å². The lowest BCUT2D eigenvalue weighted by molar-refractivity contribution is 0.0578. The van der Waals surface area contributed by atoms with Crippen molar-refractivity contribution in [2.75, 3.05) is 39.3 Å². The zero-order valence-electron chi connectivity index (χ0n) is 12.2. The number of amides is 1. The Balaban J connectivity index is 1.80. The van der Waals surface area contributed by atoms with Crippen molar-refractivity contribution in [2.24, 2.45) is 0 Å². The summed E-state index contributed by atoms with van der Waals surface area (Å²) in [7, 11) is 0. The standard InChI is InChI=1S/C15H21FN2O3/c1-2-21-15(20)18-9-7-17(8-10-18)11-14(19)12-3-5-13(16)6-4-12/h3-6,14,19H,2,7-11H2,1H3. The van der Waals surface area contributed by atoms with E-state index in [1.165, 1.54) is 12.1 Å². The smallest absolute Gasteiger partial charge is 0.409 e. The number of nitrogens with zero attached hydrogens (tertiary/aromatic N) is 2. The van der Waals surface area contributed by atoms with E-state index in [0.717, 1.165) is 0 Å². The predicted octanol–water partition coefficient (Wildman–Crippen LogP) is 1.63. The van der Waals surface area contributed by atoms with Crippen molar-refractivity contribution in [3.63, 3.8) is 0 Å². The third-order valence-electron chi connectivity index (χ3n) is 3.58. The van der Waals surface area contributed by atoms with Crippen LogP contribution in [0.25, 0.3) is 0 Å². The van der Waals surface area contributed by atoms with Gasteiger partial charge in [0.1, 0.15) is 5.82 Å². The van der Waals surface area contributed by atoms with Crippen LogP contribution in [0.3, 0.4) is 0 Å². The summed E-state index contributed by atoms with van der Waals surface area (Å²) in [6, 6.07) is 5.87. The van der Waals surface area contributed by atoms with Crippen LogP contribution in [0.15, 0.2) is 24.3 Å². The lowest BCUT2D eigenvalue weighted by Crippen LogP contribution is -2.49. The van der Waals surface area contributed by atoms with Crippen LogP contribution in [0.1, 0.15) is 18.6 Å². The van der Waals surface area contributed by atoms with Crippen LogP contribution in [-0.4, -0.2) is 60.3 Å². The number of hydrogen-bond acceptors (Lipinski definition) is 4. The Labute approximate surface area is 123 Å². The maximum Gasteiger partial charge on any atom is 0.409 e. The predicted molar refractivity (Wildman–Crippen MR) is 76.4 cm³/mol. The van der Waals surface area contributed by atoms with Crippen molar-refractivity contribution in [2.45, 2.75) is 13.0 Å². The number of benzene rings is 1. The Bertz CT molecular complexity index is 458. The molecule has 0 aliphatic carbocycles. The molecule has 116 valence electrons. The van der Waals surface area contributed by atoms with Gasteiger partial charge in [-0.3, -0.25) is 4.90 Å². The maximum atomic E-state index is 12.8. The molecule has 0 bridgehead atoms. The number of rotatable bonds is 4. The van der Waals surface area contributed by atoms with Gasteiger partial charge in [0.25, 0.3) is 0 Å². The zero-order valence-corrected chi connectivity index (χ0v) is 12.2. The molecule has 1 aromatic carbocycles. The molecular formula is C15H21FN2O3. The molecule has 1 atom stereocenters. The first-order valence-electron chi connectivity index (χ1n) is 7.17. The summed E-state index contributed by atoms with van der Waals surface area (Å²) in [4.78, 5) is 15.3. The minimum atomic E-state index is -0.653. The number of β-amino-alcohol motifs (C(OH)–C–C–N with tert-alkyl or cyclic N) is 1. The third kappa shape index (κ3) is 4.41. The average molecular weight is 296 g/mol. The molecule has 0 radical (unpaired) electrons. The molecule has 1 N–H and O–H groups in total. The van der Waals surface area contributed by atoms with Crippen LogP contribution in [0.4, 0.5) is 9.18 Å². The summed E-state index contributed by atoms with van der Waals surface area (Å²) in [5, 5.41) is 10.2. The van der Waals surface area contributed by atoms with Crippen molar-refractivity contribution in [3.8, 4) is 0 Å². The van der Waals surface area contributed by atoms with E-state index in [-0.39, 0.29) is 11.9 Å². The number of aliphatic hydroxyl groups is 1. The quantitative estimate of drug-likeness (QED) is 0.917. The Morgan fingerprint density at radius 2 is 1.90 bits per heavy atom. The highest BCUT2D eigenvalue weighted by Gasteiger charge is 2.23. The normalized spacial score (nSPS) is 17.6. The molecule has 1 aliphatic heterocycles. The monoisotopic (exact) mass is 296 g/mol. The lowest BCUT2D eigenvalue weighted by Gasteiger charge is -2.35. The second-order valence-electron chi connectivity index (χ2n) is 5.05. The Hall–Kier alpha value is -1.66. The van der Waals surface area contributed by atoms with Crippen molar-refractivity contribution in [1.29, 1.82) is 0 Å². The van der Waals surface area contributed by atoms with E-state index >= 15 is 0 Å². The minimum absolute atomic E-state index is 0.281. The fourth-order valence-electron chi connectivity index (χ4n) is 2.36. The first-order valence-corrected chi connectivity index (χ1v) is 7.17. The van der Waals surface area contributed by atoms with E-state index < -0.39 is 6.10 Å². The van der Waals surface area contributed by atoms with Gasteiger partial charge < -0.3 is 14.7 Å². The van der Waals surface area contributed by atoms with Gasteiger partial charge in [0.05, 0.1) is 12.7 Å². The molecule has 6 heteroatoms. The number of ether oxygens (including phenoxy) is 1. The molecule has 0 spiro atoms. The molecule has 1 saturated heterocycles. The van der Waals surface area contributed by atoms with Gasteiger partial charge in [0.15, 0.2) is 0 Å². The number of carbonyl (C=O) groups excluding carboxylic acids is 1. The van der Waals surface area contributed by atoms with E-state index in [0.29, 0.717) is 44.9 Å². The van der Waals surface area contributed by atoms with Gasteiger partial charge in [0, 0.05) is 32.7 Å². The molecule has 1 amide bonds. The van der Waals surface area contributed by atoms with Crippen LogP contribution in [-0.2, 0) is 4.74 Å². The lowest BCUT2D eigenvalue weighted by atomic mass is 10.1. The number of piperazine rings is 1. The van der Waals surface area contributed by atoms with Crippen molar-refractivity contribution in [3.05, 3.63) is 35.6 Å². The van der Waals surface area contributed by atoms with E-state index in [2.05, 4.69) is 4.90 Å². The summed E-state index contributed by atoms with van der Waals surface area (Å²) >= 11 is 0. The van der Waals surface area contributed by atoms with E-state index in [4.69, 9.17) is 4.74 Å². The van der Waals surface area contributed by atoms with Crippen LogP contribution in [0.5, 0.6) is 0 Å². The molecule has 1 heterocycles. The molecule has 5 nitrogen and oxygen atoms in total. The van der Waals surface area contributed by atoms with E-state index in [1.54, 1.807) is 24.0 Å². The van der Waals surface area contributed by atoms with Crippen LogP contribution < -0.4 is 0 Å². The number of aliphatic hydroxyl groups excluding tert-OH is 1. The van der Waals surface area contributed by atoms with Crippen LogP contribution in [0.2, 0.25) is 0 Å². The van der Waals surface area contributed by atoms with Crippen molar-refractivity contribution >= 4 is 6.09 Å². The summed E-state index contributed by atoms with van der Waals surface area (Å²) < 4.78 is 17.8. The summed E-state index contributed by atoms with van der Waals surface area (Å²) in [6.45, 7) is 5.20. The molecule has 1 aromatic rings. The fourth-order valence-corrected chi connectivity index (χ4v) is 2.36.